The second kappa shape index (κ2) is 21.5. The number of esters is 1. The van der Waals surface area contributed by atoms with Crippen LogP contribution in [0.3, 0.4) is 0 Å². The average Bonchev–Trinajstić information content (AvgIpc) is 3.61. The number of nitrogens with two attached hydrogens (primary N) is 1. The molecule has 1 aliphatic rings. The standard InChI is InChI=1S/C39H51ClN8O8/c1-24-12-14-25(15-13-24)22-44-35(51)29(10-7-18-42-39(41)55)46-36(52)31(20-26-23-43-28-9-4-3-8-27(26)28)47-37(53)32-11-5-6-19-48(32)38(54)30(45-33(49)21-40)16-17-34(50)56-2/h3-4,8-9,12-15,23,29-32,43H,5-7,10-11,16-22H2,1-2H3,(H,44,51)(H,45,49)(H,46,52)(H,47,53)(H3,41,42,55)/t29-,30+,31?,32-/m0/s1. The number of benzene rings is 2. The van der Waals surface area contributed by atoms with E-state index in [2.05, 4.69) is 31.6 Å². The monoisotopic (exact) mass is 794 g/mol. The molecule has 1 saturated heterocycles. The highest BCUT2D eigenvalue weighted by Gasteiger charge is 2.38. The van der Waals surface area contributed by atoms with Crippen molar-refractivity contribution in [3.05, 3.63) is 71.4 Å². The first kappa shape index (κ1) is 43.1. The molecule has 0 spiro atoms. The summed E-state index contributed by atoms with van der Waals surface area (Å²) in [5.74, 6) is -3.88. The molecule has 1 aliphatic heterocycles. The Balaban J connectivity index is 1.58. The fourth-order valence-corrected chi connectivity index (χ4v) is 6.67. The number of alkyl halides is 1. The fraction of sp³-hybridized carbons (Fsp3) is 0.462. The van der Waals surface area contributed by atoms with Gasteiger partial charge in [-0.05, 0) is 62.6 Å². The van der Waals surface area contributed by atoms with Gasteiger partial charge in [-0.2, -0.15) is 0 Å². The van der Waals surface area contributed by atoms with Crippen LogP contribution in [-0.2, 0) is 46.5 Å². The van der Waals surface area contributed by atoms with Crippen molar-refractivity contribution in [1.82, 2.24) is 36.5 Å². The number of halogens is 1. The Labute approximate surface area is 330 Å². The number of nitrogens with one attached hydrogen (secondary N) is 6. The molecule has 7 amide bonds. The quantitative estimate of drug-likeness (QED) is 0.0536. The van der Waals surface area contributed by atoms with Crippen LogP contribution in [0.1, 0.15) is 61.6 Å². The molecule has 2 aromatic carbocycles. The average molecular weight is 795 g/mol. The number of ether oxygens (including phenoxy) is 1. The number of urea groups is 1. The molecule has 0 saturated carbocycles. The molecule has 16 nitrogen and oxygen atoms in total. The van der Waals surface area contributed by atoms with E-state index in [1.807, 2.05) is 55.5 Å². The van der Waals surface area contributed by atoms with E-state index in [9.17, 15) is 33.6 Å². The fourth-order valence-electron chi connectivity index (χ4n) is 6.60. The molecule has 0 bridgehead atoms. The van der Waals surface area contributed by atoms with Crippen LogP contribution in [0.5, 0.6) is 0 Å². The van der Waals surface area contributed by atoms with Crippen molar-refractivity contribution in [3.8, 4) is 0 Å². The number of aromatic amines is 1. The van der Waals surface area contributed by atoms with Crippen LogP contribution in [0, 0.1) is 6.92 Å². The molecule has 56 heavy (non-hydrogen) atoms. The molecule has 3 aromatic rings. The summed E-state index contributed by atoms with van der Waals surface area (Å²) in [5, 5.41) is 14.4. The third-order valence-corrected chi connectivity index (χ3v) is 9.87. The number of fused-ring (bicyclic) bond motifs is 1. The van der Waals surface area contributed by atoms with Crippen LogP contribution in [-0.4, -0.2) is 102 Å². The van der Waals surface area contributed by atoms with Gasteiger partial charge in [-0.25, -0.2) is 4.79 Å². The van der Waals surface area contributed by atoms with Gasteiger partial charge in [-0.15, -0.1) is 11.6 Å². The van der Waals surface area contributed by atoms with Crippen molar-refractivity contribution < 1.29 is 38.3 Å². The van der Waals surface area contributed by atoms with Gasteiger partial charge in [-0.1, -0.05) is 48.0 Å². The van der Waals surface area contributed by atoms with Crippen LogP contribution in [0.2, 0.25) is 0 Å². The maximum atomic E-state index is 14.3. The van der Waals surface area contributed by atoms with E-state index < -0.39 is 71.6 Å². The lowest BCUT2D eigenvalue weighted by atomic mass is 9.97. The zero-order valence-electron chi connectivity index (χ0n) is 31.7. The molecule has 1 aromatic heterocycles. The minimum atomic E-state index is -1.19. The summed E-state index contributed by atoms with van der Waals surface area (Å²) >= 11 is 5.71. The van der Waals surface area contributed by atoms with Crippen molar-refractivity contribution in [2.24, 2.45) is 5.73 Å². The smallest absolute Gasteiger partial charge is 0.312 e. The molecule has 1 unspecified atom stereocenters. The van der Waals surface area contributed by atoms with Gasteiger partial charge in [0, 0.05) is 49.6 Å². The van der Waals surface area contributed by atoms with Gasteiger partial charge in [0.05, 0.1) is 7.11 Å². The summed E-state index contributed by atoms with van der Waals surface area (Å²) in [7, 11) is 1.21. The first-order valence-electron chi connectivity index (χ1n) is 18.6. The molecule has 0 aliphatic carbocycles. The lowest BCUT2D eigenvalue weighted by molar-refractivity contribution is -0.146. The number of carbonyl (C=O) groups excluding carboxylic acids is 7. The third-order valence-electron chi connectivity index (χ3n) is 9.63. The summed E-state index contributed by atoms with van der Waals surface area (Å²) in [6, 6.07) is 10.0. The number of likely N-dealkylation sites (tertiary alicyclic amines) is 1. The number of hydrogen-bond donors (Lipinski definition) is 7. The highest BCUT2D eigenvalue weighted by Crippen LogP contribution is 2.22. The van der Waals surface area contributed by atoms with Crippen LogP contribution < -0.4 is 32.3 Å². The second-order valence-electron chi connectivity index (χ2n) is 13.7. The minimum Gasteiger partial charge on any atom is -0.469 e. The van der Waals surface area contributed by atoms with Gasteiger partial charge in [0.15, 0.2) is 0 Å². The maximum Gasteiger partial charge on any atom is 0.312 e. The molecule has 4 atom stereocenters. The van der Waals surface area contributed by atoms with Crippen molar-refractivity contribution in [2.45, 2.75) is 89.0 Å². The Morgan fingerprint density at radius 3 is 2.38 bits per heavy atom. The summed E-state index contributed by atoms with van der Waals surface area (Å²) < 4.78 is 4.72. The number of piperidine rings is 1. The number of primary amides is 1. The Bertz CT molecular complexity index is 1850. The number of hydrogen-bond acceptors (Lipinski definition) is 8. The van der Waals surface area contributed by atoms with Crippen molar-refractivity contribution in [3.63, 3.8) is 0 Å². The predicted octanol–water partition coefficient (Wildman–Crippen LogP) is 1.81. The Morgan fingerprint density at radius 1 is 0.911 bits per heavy atom. The van der Waals surface area contributed by atoms with Crippen LogP contribution in [0.25, 0.3) is 10.9 Å². The minimum absolute atomic E-state index is 0.0384. The first-order chi connectivity index (χ1) is 26.9. The molecule has 0 radical (unpaired) electrons. The third kappa shape index (κ3) is 12.7. The van der Waals surface area contributed by atoms with Gasteiger partial charge in [0.1, 0.15) is 30.0 Å². The summed E-state index contributed by atoms with van der Waals surface area (Å²) in [4.78, 5) is 96.0. The van der Waals surface area contributed by atoms with Gasteiger partial charge < -0.3 is 46.9 Å². The summed E-state index contributed by atoms with van der Waals surface area (Å²) in [6.45, 7) is 2.53. The number of aromatic nitrogens is 1. The Morgan fingerprint density at radius 2 is 1.66 bits per heavy atom. The zero-order chi connectivity index (χ0) is 40.6. The van der Waals surface area contributed by atoms with Gasteiger partial charge in [0.25, 0.3) is 0 Å². The van der Waals surface area contributed by atoms with E-state index in [1.165, 1.54) is 12.0 Å². The van der Waals surface area contributed by atoms with Crippen molar-refractivity contribution in [2.75, 3.05) is 26.1 Å². The second-order valence-corrected chi connectivity index (χ2v) is 14.0. The Hall–Kier alpha value is -5.64. The lowest BCUT2D eigenvalue weighted by Gasteiger charge is -2.37. The lowest BCUT2D eigenvalue weighted by Crippen LogP contribution is -2.60. The predicted molar refractivity (Wildman–Crippen MR) is 209 cm³/mol. The molecule has 17 heteroatoms. The number of nitrogens with zero attached hydrogens (tertiary/aromatic N) is 1. The van der Waals surface area contributed by atoms with E-state index in [-0.39, 0.29) is 51.7 Å². The first-order valence-corrected chi connectivity index (χ1v) is 19.2. The molecule has 8 N–H and O–H groups in total. The zero-order valence-corrected chi connectivity index (χ0v) is 32.4. The van der Waals surface area contributed by atoms with Crippen LogP contribution in [0.15, 0.2) is 54.7 Å². The number of aryl methyl sites for hydroxylation is 1. The Kier molecular flexibility index (Phi) is 16.5. The number of methoxy groups -OCH3 is 1. The summed E-state index contributed by atoms with van der Waals surface area (Å²) in [5.41, 5.74) is 8.70. The highest BCUT2D eigenvalue weighted by atomic mass is 35.5. The normalized spacial score (nSPS) is 15.5. The number of rotatable bonds is 19. The number of H-pyrrole nitrogens is 1. The molecule has 302 valence electrons. The molecule has 4 rings (SSSR count). The number of para-hydroxylation sites is 1. The molecule has 2 heterocycles. The van der Waals surface area contributed by atoms with Gasteiger partial charge in [-0.3, -0.25) is 28.8 Å². The van der Waals surface area contributed by atoms with Crippen LogP contribution >= 0.6 is 11.6 Å². The van der Waals surface area contributed by atoms with E-state index in [1.54, 1.807) is 6.20 Å². The maximum absolute atomic E-state index is 14.3. The molecule has 1 fully saturated rings. The van der Waals surface area contributed by atoms with Crippen molar-refractivity contribution >= 4 is 64.0 Å². The van der Waals surface area contributed by atoms with Gasteiger partial charge >= 0.3 is 12.0 Å². The topological polar surface area (TPSA) is 234 Å². The largest absolute Gasteiger partial charge is 0.469 e. The van der Waals surface area contributed by atoms with E-state index >= 15 is 0 Å². The van der Waals surface area contributed by atoms with Crippen LogP contribution in [0.4, 0.5) is 4.79 Å². The SMILES string of the molecule is COC(=O)CC[C@@H](NC(=O)CCl)C(=O)N1CCCC[C@H]1C(=O)NC(Cc1c[nH]c2ccccc12)C(=O)N[C@@H](CCCNC(N)=O)C(=O)NCc1ccc(C)cc1. The molecular formula is C39H51ClN8O8. The summed E-state index contributed by atoms with van der Waals surface area (Å²) in [6.07, 6.45) is 3.49. The van der Waals surface area contributed by atoms with Crippen molar-refractivity contribution in [1.29, 1.82) is 0 Å². The number of carbonyl (C=O) groups is 7. The van der Waals surface area contributed by atoms with E-state index in [0.717, 1.165) is 27.6 Å². The van der Waals surface area contributed by atoms with Gasteiger partial charge in [0.2, 0.25) is 29.5 Å². The number of amides is 7. The highest BCUT2D eigenvalue weighted by molar-refractivity contribution is 6.27. The van der Waals surface area contributed by atoms with E-state index in [0.29, 0.717) is 19.3 Å². The van der Waals surface area contributed by atoms with E-state index in [4.69, 9.17) is 22.1 Å². The molecular weight excluding hydrogens is 744 g/mol.